The molecule has 3 aromatic rings. The normalized spacial score (nSPS) is 10.2. The minimum atomic E-state index is -0.281. The lowest BCUT2D eigenvalue weighted by atomic mass is 10.2. The Morgan fingerprint density at radius 2 is 1.88 bits per heavy atom. The highest BCUT2D eigenvalue weighted by molar-refractivity contribution is 7.11. The first-order valence-electron chi connectivity index (χ1n) is 7.30. The fraction of sp³-hybridized carbons (Fsp3) is 0.111. The van der Waals surface area contributed by atoms with Crippen molar-refractivity contribution >= 4 is 22.2 Å². The third-order valence-corrected chi connectivity index (χ3v) is 4.50. The number of rotatable bonds is 5. The van der Waals surface area contributed by atoms with Gasteiger partial charge in [0.25, 0.3) is 5.56 Å². The maximum atomic E-state index is 12.4. The zero-order valence-corrected chi connectivity index (χ0v) is 13.8. The van der Waals surface area contributed by atoms with Gasteiger partial charge in [-0.1, -0.05) is 30.3 Å². The van der Waals surface area contributed by atoms with Gasteiger partial charge in [-0.05, 0) is 41.4 Å². The topological polar surface area (TPSA) is 67.0 Å². The molecule has 120 valence electrons. The van der Waals surface area contributed by atoms with Gasteiger partial charge in [0.05, 0.1) is 13.7 Å². The van der Waals surface area contributed by atoms with Crippen LogP contribution in [-0.2, 0) is 6.54 Å². The van der Waals surface area contributed by atoms with Crippen molar-refractivity contribution < 1.29 is 4.74 Å². The Balaban J connectivity index is 1.89. The highest BCUT2D eigenvalue weighted by Crippen LogP contribution is 2.24. The lowest BCUT2D eigenvalue weighted by Gasteiger charge is -2.04. The van der Waals surface area contributed by atoms with Gasteiger partial charge >= 0.3 is 0 Å². The summed E-state index contributed by atoms with van der Waals surface area (Å²) in [5.41, 5.74) is 1.66. The molecule has 0 aliphatic rings. The van der Waals surface area contributed by atoms with Gasteiger partial charge in [0.15, 0.2) is 5.56 Å². The van der Waals surface area contributed by atoms with E-state index in [1.54, 1.807) is 11.1 Å². The molecule has 24 heavy (non-hydrogen) atoms. The number of para-hydroxylation sites is 1. The molecule has 0 spiro atoms. The predicted molar refractivity (Wildman–Crippen MR) is 95.1 cm³/mol. The molecule has 0 unspecified atom stereocenters. The van der Waals surface area contributed by atoms with E-state index in [0.29, 0.717) is 11.5 Å². The third-order valence-electron chi connectivity index (χ3n) is 3.50. The van der Waals surface area contributed by atoms with E-state index in [2.05, 4.69) is 5.32 Å². The van der Waals surface area contributed by atoms with Crippen LogP contribution in [0.5, 0.6) is 5.75 Å². The molecular formula is C18H15N3O2S. The van der Waals surface area contributed by atoms with E-state index >= 15 is 0 Å². The molecule has 0 saturated carbocycles. The van der Waals surface area contributed by atoms with E-state index in [0.717, 1.165) is 17.0 Å². The van der Waals surface area contributed by atoms with Gasteiger partial charge in [0, 0.05) is 5.69 Å². The van der Waals surface area contributed by atoms with Crippen LogP contribution in [0.1, 0.15) is 11.1 Å². The molecule has 0 radical (unpaired) electrons. The van der Waals surface area contributed by atoms with Crippen molar-refractivity contribution in [2.45, 2.75) is 6.54 Å². The van der Waals surface area contributed by atoms with Gasteiger partial charge in [-0.3, -0.25) is 8.75 Å². The van der Waals surface area contributed by atoms with Gasteiger partial charge in [-0.15, -0.1) is 0 Å². The zero-order chi connectivity index (χ0) is 16.9. The van der Waals surface area contributed by atoms with E-state index in [1.807, 2.05) is 60.7 Å². The Labute approximate surface area is 143 Å². The molecule has 1 heterocycles. The van der Waals surface area contributed by atoms with Crippen LogP contribution in [0, 0.1) is 11.3 Å². The van der Waals surface area contributed by atoms with Crippen LogP contribution >= 0.6 is 11.5 Å². The summed E-state index contributed by atoms with van der Waals surface area (Å²) in [5.74, 6) is 0.765. The second kappa shape index (κ2) is 7.02. The van der Waals surface area contributed by atoms with E-state index in [1.165, 1.54) is 11.5 Å². The van der Waals surface area contributed by atoms with Gasteiger partial charge < -0.3 is 10.1 Å². The Hall–Kier alpha value is -3.04. The summed E-state index contributed by atoms with van der Waals surface area (Å²) in [6.45, 7) is 0.415. The highest BCUT2D eigenvalue weighted by Gasteiger charge is 2.15. The van der Waals surface area contributed by atoms with E-state index < -0.39 is 0 Å². The molecule has 1 N–H and O–H groups in total. The van der Waals surface area contributed by atoms with Crippen LogP contribution in [0.3, 0.4) is 0 Å². The first-order chi connectivity index (χ1) is 11.7. The monoisotopic (exact) mass is 337 g/mol. The number of aromatic nitrogens is 1. The lowest BCUT2D eigenvalue weighted by Crippen LogP contribution is -2.16. The summed E-state index contributed by atoms with van der Waals surface area (Å²) in [4.78, 5) is 12.4. The van der Waals surface area contributed by atoms with Crippen molar-refractivity contribution in [2.24, 2.45) is 0 Å². The summed E-state index contributed by atoms with van der Waals surface area (Å²) in [5, 5.41) is 13.0. The molecule has 0 aliphatic carbocycles. The third kappa shape index (κ3) is 3.31. The molecule has 0 aliphatic heterocycles. The Bertz CT molecular complexity index is 922. The average Bonchev–Trinajstić information content (AvgIpc) is 2.91. The number of nitrogens with zero attached hydrogens (tertiary/aromatic N) is 2. The molecule has 3 rings (SSSR count). The van der Waals surface area contributed by atoms with Crippen LogP contribution < -0.4 is 15.6 Å². The first-order valence-corrected chi connectivity index (χ1v) is 8.08. The average molecular weight is 337 g/mol. The van der Waals surface area contributed by atoms with Crippen LogP contribution in [-0.4, -0.2) is 11.1 Å². The van der Waals surface area contributed by atoms with Crippen molar-refractivity contribution in [3.8, 4) is 11.8 Å². The van der Waals surface area contributed by atoms with E-state index in [-0.39, 0.29) is 11.1 Å². The van der Waals surface area contributed by atoms with E-state index in [4.69, 9.17) is 4.74 Å². The quantitative estimate of drug-likeness (QED) is 0.773. The number of nitriles is 1. The van der Waals surface area contributed by atoms with Crippen molar-refractivity contribution in [1.82, 2.24) is 3.96 Å². The number of anilines is 2. The first kappa shape index (κ1) is 15.8. The number of hydrogen-bond donors (Lipinski definition) is 1. The molecule has 6 heteroatoms. The number of nitrogens with one attached hydrogen (secondary N) is 1. The van der Waals surface area contributed by atoms with Crippen LogP contribution in [0.25, 0.3) is 0 Å². The zero-order valence-electron chi connectivity index (χ0n) is 13.0. The second-order valence-corrected chi connectivity index (χ2v) is 6.12. The van der Waals surface area contributed by atoms with E-state index in [9.17, 15) is 10.1 Å². The van der Waals surface area contributed by atoms with Crippen LogP contribution in [0.2, 0.25) is 0 Å². The summed E-state index contributed by atoms with van der Waals surface area (Å²) in [6.07, 6.45) is 0. The van der Waals surface area contributed by atoms with Gasteiger partial charge in [-0.2, -0.15) is 5.26 Å². The molecule has 0 amide bonds. The van der Waals surface area contributed by atoms with Crippen molar-refractivity contribution in [3.05, 3.63) is 76.1 Å². The lowest BCUT2D eigenvalue weighted by molar-refractivity contribution is 0.414. The predicted octanol–water partition coefficient (Wildman–Crippen LogP) is 3.58. The molecule has 0 saturated heterocycles. The van der Waals surface area contributed by atoms with Crippen molar-refractivity contribution in [3.63, 3.8) is 0 Å². The van der Waals surface area contributed by atoms with Gasteiger partial charge in [0.2, 0.25) is 0 Å². The van der Waals surface area contributed by atoms with Gasteiger partial charge in [-0.25, -0.2) is 0 Å². The summed E-state index contributed by atoms with van der Waals surface area (Å²) < 4.78 is 6.71. The number of benzene rings is 2. The highest BCUT2D eigenvalue weighted by atomic mass is 32.1. The summed E-state index contributed by atoms with van der Waals surface area (Å²) >= 11 is 1.25. The second-order valence-electron chi connectivity index (χ2n) is 5.09. The molecule has 0 atom stereocenters. The van der Waals surface area contributed by atoms with Crippen LogP contribution in [0.4, 0.5) is 10.7 Å². The standard InChI is InChI=1S/C18H15N3O2S/c1-23-15-9-7-13(8-10-15)12-21-18(22)16(11-19)17(24-21)20-14-5-3-2-4-6-14/h2-10,20H,12H2,1H3. The van der Waals surface area contributed by atoms with Gasteiger partial charge in [0.1, 0.15) is 16.8 Å². The largest absolute Gasteiger partial charge is 0.497 e. The molecule has 1 aromatic heterocycles. The minimum absolute atomic E-state index is 0.136. The SMILES string of the molecule is COc1ccc(Cn2sc(Nc3ccccc3)c(C#N)c2=O)cc1. The maximum Gasteiger partial charge on any atom is 0.281 e. The molecular weight excluding hydrogens is 322 g/mol. The Morgan fingerprint density at radius 3 is 2.50 bits per heavy atom. The molecule has 0 bridgehead atoms. The van der Waals surface area contributed by atoms with Crippen LogP contribution in [0.15, 0.2) is 59.4 Å². The molecule has 0 fully saturated rings. The number of methoxy groups -OCH3 is 1. The van der Waals surface area contributed by atoms with Crippen molar-refractivity contribution in [2.75, 3.05) is 12.4 Å². The number of hydrogen-bond acceptors (Lipinski definition) is 5. The maximum absolute atomic E-state index is 12.4. The fourth-order valence-corrected chi connectivity index (χ4v) is 3.25. The minimum Gasteiger partial charge on any atom is -0.497 e. The Morgan fingerprint density at radius 1 is 1.17 bits per heavy atom. The Kier molecular flexibility index (Phi) is 4.64. The summed E-state index contributed by atoms with van der Waals surface area (Å²) in [6, 6.07) is 19.0. The van der Waals surface area contributed by atoms with Crippen molar-refractivity contribution in [1.29, 1.82) is 5.26 Å². The molecule has 5 nitrogen and oxygen atoms in total. The molecule has 2 aromatic carbocycles. The number of ether oxygens (including phenoxy) is 1. The smallest absolute Gasteiger partial charge is 0.281 e. The summed E-state index contributed by atoms with van der Waals surface area (Å²) in [7, 11) is 1.61. The fourth-order valence-electron chi connectivity index (χ4n) is 2.26.